The molecule has 3 N–H and O–H groups in total. The Morgan fingerprint density at radius 1 is 1.44 bits per heavy atom. The van der Waals surface area contributed by atoms with Gasteiger partial charge in [-0.05, 0) is 28.1 Å². The molecule has 0 fully saturated rings. The smallest absolute Gasteiger partial charge is 0.205 e. The molecule has 4 nitrogen and oxygen atoms in total. The van der Waals surface area contributed by atoms with Gasteiger partial charge in [-0.1, -0.05) is 0 Å². The molecule has 2 aromatic rings. The van der Waals surface area contributed by atoms with Crippen molar-refractivity contribution in [2.45, 2.75) is 0 Å². The summed E-state index contributed by atoms with van der Waals surface area (Å²) in [7, 11) is 0. The van der Waals surface area contributed by atoms with Crippen molar-refractivity contribution in [3.05, 3.63) is 39.2 Å². The molecule has 0 aliphatic rings. The summed E-state index contributed by atoms with van der Waals surface area (Å²) in [5.41, 5.74) is 8.17. The molecule has 0 saturated heterocycles. The number of benzene rings is 1. The Balaban J connectivity index is 2.12. The largest absolute Gasteiger partial charge is 0.383 e. The number of rotatable bonds is 3. The van der Waals surface area contributed by atoms with Crippen LogP contribution in [0.3, 0.4) is 0 Å². The standard InChI is InChI=1S/C10H7BrF2N4S/c11-8-6(12)2-1-5(9(8)13)3-15-17-10-16-7(14)4-18-10/h1-4H,14H2,(H,16,17). The van der Waals surface area contributed by atoms with Crippen LogP contribution in [0.15, 0.2) is 27.1 Å². The number of aromatic nitrogens is 1. The minimum Gasteiger partial charge on any atom is -0.383 e. The second-order valence-corrected chi connectivity index (χ2v) is 4.86. The predicted octanol–water partition coefficient (Wildman–Crippen LogP) is 3.21. The van der Waals surface area contributed by atoms with Crippen molar-refractivity contribution in [2.75, 3.05) is 11.2 Å². The summed E-state index contributed by atoms with van der Waals surface area (Å²) in [6, 6.07) is 2.44. The lowest BCUT2D eigenvalue weighted by atomic mass is 10.2. The van der Waals surface area contributed by atoms with Crippen LogP contribution in [0.5, 0.6) is 0 Å². The van der Waals surface area contributed by atoms with E-state index < -0.39 is 11.6 Å². The number of nitrogens with one attached hydrogen (secondary N) is 1. The fourth-order valence-electron chi connectivity index (χ4n) is 1.14. The van der Waals surface area contributed by atoms with Gasteiger partial charge in [-0.3, -0.25) is 5.43 Å². The molecule has 0 spiro atoms. The Hall–Kier alpha value is -1.54. The molecule has 1 aromatic carbocycles. The van der Waals surface area contributed by atoms with E-state index in [1.807, 2.05) is 0 Å². The summed E-state index contributed by atoms with van der Waals surface area (Å²) in [4.78, 5) is 3.90. The summed E-state index contributed by atoms with van der Waals surface area (Å²) in [5, 5.41) is 5.93. The molecule has 0 unspecified atom stereocenters. The molecule has 2 rings (SSSR count). The van der Waals surface area contributed by atoms with Crippen molar-refractivity contribution in [1.82, 2.24) is 4.98 Å². The molecule has 0 amide bonds. The molecule has 0 aliphatic heterocycles. The summed E-state index contributed by atoms with van der Waals surface area (Å²) in [6.07, 6.45) is 1.23. The van der Waals surface area contributed by atoms with E-state index in [1.165, 1.54) is 23.6 Å². The Kier molecular flexibility index (Phi) is 3.87. The van der Waals surface area contributed by atoms with Crippen LogP contribution in [0.4, 0.5) is 19.7 Å². The van der Waals surface area contributed by atoms with Gasteiger partial charge in [0.25, 0.3) is 0 Å². The first kappa shape index (κ1) is 12.9. The highest BCUT2D eigenvalue weighted by atomic mass is 79.9. The minimum absolute atomic E-state index is 0.153. The van der Waals surface area contributed by atoms with Gasteiger partial charge >= 0.3 is 0 Å². The quantitative estimate of drug-likeness (QED) is 0.515. The van der Waals surface area contributed by atoms with Crippen molar-refractivity contribution < 1.29 is 8.78 Å². The van der Waals surface area contributed by atoms with Crippen LogP contribution in [0.2, 0.25) is 0 Å². The van der Waals surface area contributed by atoms with Crippen LogP contribution >= 0.6 is 27.3 Å². The van der Waals surface area contributed by atoms with Crippen molar-refractivity contribution >= 4 is 44.4 Å². The van der Waals surface area contributed by atoms with E-state index in [4.69, 9.17) is 5.73 Å². The number of thiazole rings is 1. The van der Waals surface area contributed by atoms with E-state index in [-0.39, 0.29) is 10.0 Å². The van der Waals surface area contributed by atoms with E-state index in [9.17, 15) is 8.78 Å². The Morgan fingerprint density at radius 3 is 2.89 bits per heavy atom. The van der Waals surface area contributed by atoms with Crippen LogP contribution in [-0.2, 0) is 0 Å². The number of hydrogen-bond donors (Lipinski definition) is 2. The van der Waals surface area contributed by atoms with E-state index in [0.29, 0.717) is 10.9 Å². The average Bonchev–Trinajstić information content (AvgIpc) is 2.75. The van der Waals surface area contributed by atoms with Crippen LogP contribution < -0.4 is 11.2 Å². The van der Waals surface area contributed by atoms with Crippen LogP contribution in [0, 0.1) is 11.6 Å². The Bertz CT molecular complexity index is 600. The van der Waals surface area contributed by atoms with Gasteiger partial charge in [0.15, 0.2) is 0 Å². The Labute approximate surface area is 114 Å². The van der Waals surface area contributed by atoms with Crippen molar-refractivity contribution in [1.29, 1.82) is 0 Å². The third-order valence-electron chi connectivity index (χ3n) is 1.95. The molecule has 0 radical (unpaired) electrons. The minimum atomic E-state index is -0.709. The fraction of sp³-hybridized carbons (Fsp3) is 0. The average molecular weight is 333 g/mol. The van der Waals surface area contributed by atoms with Crippen LogP contribution in [-0.4, -0.2) is 11.2 Å². The van der Waals surface area contributed by atoms with Crippen LogP contribution in [0.1, 0.15) is 5.56 Å². The number of nitrogens with two attached hydrogens (primary N) is 1. The molecular weight excluding hydrogens is 326 g/mol. The summed E-state index contributed by atoms with van der Waals surface area (Å²) in [5.74, 6) is -0.988. The monoisotopic (exact) mass is 332 g/mol. The highest BCUT2D eigenvalue weighted by molar-refractivity contribution is 9.10. The second-order valence-electron chi connectivity index (χ2n) is 3.21. The fourth-order valence-corrected chi connectivity index (χ4v) is 2.04. The van der Waals surface area contributed by atoms with Crippen molar-refractivity contribution in [3.8, 4) is 0 Å². The maximum absolute atomic E-state index is 13.6. The summed E-state index contributed by atoms with van der Waals surface area (Å²) < 4.78 is 26.3. The number of hydrogen-bond acceptors (Lipinski definition) is 5. The zero-order valence-corrected chi connectivity index (χ0v) is 11.2. The summed E-state index contributed by atoms with van der Waals surface area (Å²) >= 11 is 4.08. The van der Waals surface area contributed by atoms with E-state index >= 15 is 0 Å². The van der Waals surface area contributed by atoms with Gasteiger partial charge in [0.2, 0.25) is 5.13 Å². The van der Waals surface area contributed by atoms with Crippen molar-refractivity contribution in [2.24, 2.45) is 5.10 Å². The predicted molar refractivity (Wildman–Crippen MR) is 71.8 cm³/mol. The van der Waals surface area contributed by atoms with E-state index in [1.54, 1.807) is 5.38 Å². The van der Waals surface area contributed by atoms with Gasteiger partial charge in [-0.2, -0.15) is 5.10 Å². The lowest BCUT2D eigenvalue weighted by molar-refractivity contribution is 0.570. The lowest BCUT2D eigenvalue weighted by Crippen LogP contribution is -1.95. The van der Waals surface area contributed by atoms with Gasteiger partial charge < -0.3 is 5.73 Å². The maximum Gasteiger partial charge on any atom is 0.205 e. The molecule has 0 atom stereocenters. The van der Waals surface area contributed by atoms with E-state index in [2.05, 4.69) is 31.4 Å². The van der Waals surface area contributed by atoms with Gasteiger partial charge in [0.05, 0.1) is 10.7 Å². The molecule has 1 heterocycles. The highest BCUT2D eigenvalue weighted by Crippen LogP contribution is 2.21. The van der Waals surface area contributed by atoms with Gasteiger partial charge in [0.1, 0.15) is 17.5 Å². The Morgan fingerprint density at radius 2 is 2.22 bits per heavy atom. The first-order chi connectivity index (χ1) is 8.58. The summed E-state index contributed by atoms with van der Waals surface area (Å²) in [6.45, 7) is 0. The molecule has 0 aliphatic carbocycles. The number of hydrazone groups is 1. The first-order valence-electron chi connectivity index (χ1n) is 4.71. The molecular formula is C10H7BrF2N4S. The zero-order valence-electron chi connectivity index (χ0n) is 8.82. The SMILES string of the molecule is Nc1csc(NN=Cc2ccc(F)c(Br)c2F)n1. The van der Waals surface area contributed by atoms with E-state index in [0.717, 1.165) is 6.07 Å². The zero-order chi connectivity index (χ0) is 13.1. The number of anilines is 2. The molecule has 8 heteroatoms. The number of nitrogens with zero attached hydrogens (tertiary/aromatic N) is 2. The highest BCUT2D eigenvalue weighted by Gasteiger charge is 2.09. The van der Waals surface area contributed by atoms with Gasteiger partial charge in [-0.15, -0.1) is 11.3 Å². The van der Waals surface area contributed by atoms with Crippen LogP contribution in [0.25, 0.3) is 0 Å². The maximum atomic E-state index is 13.6. The lowest BCUT2D eigenvalue weighted by Gasteiger charge is -2.00. The first-order valence-corrected chi connectivity index (χ1v) is 6.39. The molecule has 1 aromatic heterocycles. The number of nitrogen functional groups attached to an aromatic ring is 1. The molecule has 0 bridgehead atoms. The normalized spacial score (nSPS) is 11.1. The molecule has 18 heavy (non-hydrogen) atoms. The third kappa shape index (κ3) is 2.82. The molecule has 94 valence electrons. The van der Waals surface area contributed by atoms with Gasteiger partial charge in [0, 0.05) is 10.9 Å². The van der Waals surface area contributed by atoms with Gasteiger partial charge in [-0.25, -0.2) is 13.8 Å². The molecule has 0 saturated carbocycles. The number of halogens is 3. The van der Waals surface area contributed by atoms with Crippen molar-refractivity contribution in [3.63, 3.8) is 0 Å². The topological polar surface area (TPSA) is 63.3 Å². The second kappa shape index (κ2) is 5.40. The third-order valence-corrected chi connectivity index (χ3v) is 3.44.